The van der Waals surface area contributed by atoms with Gasteiger partial charge in [-0.3, -0.25) is 0 Å². The van der Waals surface area contributed by atoms with Gasteiger partial charge in [-0.25, -0.2) is 44.8 Å². The number of aromatic nitrogens is 2. The minimum absolute atomic E-state index is 0.412. The zero-order chi connectivity index (χ0) is 40.4. The second-order valence-electron chi connectivity index (χ2n) is 15.8. The fourth-order valence-electron chi connectivity index (χ4n) is 9.82. The van der Waals surface area contributed by atoms with Crippen molar-refractivity contribution >= 4 is 56.5 Å². The van der Waals surface area contributed by atoms with Crippen LogP contribution in [-0.4, -0.2) is 85.5 Å². The molecular weight excluding hydrogens is 783 g/mol. The van der Waals surface area contributed by atoms with Crippen molar-refractivity contribution in [2.24, 2.45) is 30.0 Å². The topological polar surface area (TPSA) is 170 Å². The van der Waals surface area contributed by atoms with E-state index < -0.39 is 0 Å². The van der Waals surface area contributed by atoms with E-state index in [4.69, 9.17) is 67.8 Å². The van der Waals surface area contributed by atoms with E-state index in [9.17, 15) is 0 Å². The van der Waals surface area contributed by atoms with Gasteiger partial charge in [-0.1, -0.05) is 0 Å². The third kappa shape index (κ3) is 4.29. The van der Waals surface area contributed by atoms with Gasteiger partial charge in [-0.2, -0.15) is 0 Å². The highest BCUT2D eigenvalue weighted by Crippen LogP contribution is 2.50. The summed E-state index contributed by atoms with van der Waals surface area (Å²) in [7, 11) is 0. The maximum atomic E-state index is 6.29. The van der Waals surface area contributed by atoms with Crippen molar-refractivity contribution in [3.63, 3.8) is 0 Å². The summed E-state index contributed by atoms with van der Waals surface area (Å²) in [6, 6.07) is 7.85. The summed E-state index contributed by atoms with van der Waals surface area (Å²) in [4.78, 5) is 32.2. The van der Waals surface area contributed by atoms with E-state index in [0.717, 1.165) is 66.1 Å². The van der Waals surface area contributed by atoms with Crippen LogP contribution in [0.3, 0.4) is 0 Å². The molecule has 10 heterocycles. The third-order valence-electron chi connectivity index (χ3n) is 12.5. The largest absolute Gasteiger partial charge is 0.486 e. The summed E-state index contributed by atoms with van der Waals surface area (Å²) in [5, 5.41) is 3.08. The van der Waals surface area contributed by atoms with Crippen molar-refractivity contribution in [1.82, 2.24) is 9.35 Å². The number of hydrogen-bond acceptors (Lipinski definition) is 15. The highest BCUT2D eigenvalue weighted by atomic mass is 16.6. The molecule has 14 rings (SSSR count). The van der Waals surface area contributed by atoms with E-state index in [2.05, 4.69) is 5.53 Å². The second-order valence-corrected chi connectivity index (χ2v) is 15.8. The number of hydrogen-bond donors (Lipinski definition) is 1. The first-order chi connectivity index (χ1) is 29.9. The van der Waals surface area contributed by atoms with Crippen molar-refractivity contribution in [2.75, 3.05) is 58.4 Å². The molecule has 8 aliphatic rings. The molecule has 8 aliphatic heterocycles. The Morgan fingerprint density at radius 2 is 0.852 bits per heavy atom. The van der Waals surface area contributed by atoms with Crippen LogP contribution in [0.1, 0.15) is 44.5 Å². The molecule has 0 atom stereocenters. The zero-order valence-corrected chi connectivity index (χ0v) is 33.3. The van der Waals surface area contributed by atoms with Crippen LogP contribution in [0.25, 0.3) is 21.5 Å². The molecule has 0 amide bonds. The maximum Gasteiger partial charge on any atom is 0.166 e. The van der Waals surface area contributed by atoms with Gasteiger partial charge in [0.15, 0.2) is 91.9 Å². The quantitative estimate of drug-likeness (QED) is 0.225. The van der Waals surface area contributed by atoms with Gasteiger partial charge in [0.05, 0.1) is 0 Å². The minimum atomic E-state index is 0.412. The van der Waals surface area contributed by atoms with Crippen LogP contribution in [0.15, 0.2) is 54.2 Å². The van der Waals surface area contributed by atoms with Gasteiger partial charge in [0.1, 0.15) is 52.9 Å². The van der Waals surface area contributed by atoms with Gasteiger partial charge < -0.3 is 37.9 Å². The van der Waals surface area contributed by atoms with E-state index in [1.807, 2.05) is 61.3 Å². The highest BCUT2D eigenvalue weighted by Gasteiger charge is 2.37. The van der Waals surface area contributed by atoms with E-state index in [0.29, 0.717) is 145 Å². The lowest BCUT2D eigenvalue weighted by atomic mass is 10.00. The van der Waals surface area contributed by atoms with Gasteiger partial charge in [0.25, 0.3) is 0 Å². The first kappa shape index (κ1) is 33.3. The number of ether oxygens (including phenoxy) is 8. The SMILES string of the molecule is Cc1c2c(cc3c1C1=NC3=Nc3c4c(C)c5c(cc4c4n3Nn3c(c6cc7c(c(C)c6c3=NC3=NC(=N4)c4c3cc3c(c4C)OCCO3)OCCO7)=N1)OCCO5)OCCO2. The number of aryl methyl sites for hydroxylation is 2. The van der Waals surface area contributed by atoms with E-state index in [1.165, 1.54) is 0 Å². The third-order valence-corrected chi connectivity index (χ3v) is 12.5. The summed E-state index contributed by atoms with van der Waals surface area (Å²) in [5.41, 5.74) is 11.2. The van der Waals surface area contributed by atoms with Crippen LogP contribution in [0.5, 0.6) is 46.0 Å². The molecule has 17 heteroatoms. The van der Waals surface area contributed by atoms with E-state index in [1.54, 1.807) is 0 Å². The number of aliphatic imine (C=N–C) groups is 4. The molecule has 0 spiro atoms. The summed E-state index contributed by atoms with van der Waals surface area (Å²) in [6.07, 6.45) is 0. The Balaban J connectivity index is 1.20. The molecule has 0 radical (unpaired) electrons. The van der Waals surface area contributed by atoms with Crippen molar-refractivity contribution in [3.8, 4) is 46.0 Å². The molecule has 302 valence electrons. The van der Waals surface area contributed by atoms with Crippen LogP contribution in [0, 0.1) is 27.7 Å². The predicted octanol–water partition coefficient (Wildman–Crippen LogP) is 4.86. The molecular formula is C44H33N9O8. The molecule has 61 heavy (non-hydrogen) atoms. The lowest BCUT2D eigenvalue weighted by molar-refractivity contribution is 0.170. The Labute approximate surface area is 344 Å². The van der Waals surface area contributed by atoms with Crippen molar-refractivity contribution in [1.29, 1.82) is 0 Å². The minimum Gasteiger partial charge on any atom is -0.486 e. The molecule has 0 aliphatic carbocycles. The number of nitrogens with zero attached hydrogens (tertiary/aromatic N) is 8. The fourth-order valence-corrected chi connectivity index (χ4v) is 9.82. The first-order valence-corrected chi connectivity index (χ1v) is 20.3. The van der Waals surface area contributed by atoms with Crippen LogP contribution in [0.4, 0.5) is 11.6 Å². The van der Waals surface area contributed by atoms with Crippen LogP contribution < -0.4 is 54.4 Å². The molecule has 4 aromatic carbocycles. The Bertz CT molecular complexity index is 3410. The van der Waals surface area contributed by atoms with Gasteiger partial charge >= 0.3 is 0 Å². The van der Waals surface area contributed by atoms with Crippen LogP contribution in [-0.2, 0) is 0 Å². The summed E-state index contributed by atoms with van der Waals surface area (Å²) in [6.45, 7) is 11.4. The van der Waals surface area contributed by atoms with Crippen molar-refractivity contribution < 1.29 is 37.9 Å². The van der Waals surface area contributed by atoms with Crippen molar-refractivity contribution in [2.45, 2.75) is 27.7 Å². The summed E-state index contributed by atoms with van der Waals surface area (Å²) in [5.74, 6) is 7.91. The maximum absolute atomic E-state index is 6.29. The number of amidine groups is 4. The standard InChI is InChI=1S/C44H33N9O8/c1-17-29-21(13-25-33(17)58-9-5-54-25)37-45-39(29)49-41-23-15-27-35(60-11-7-56-27)19(3)31(23)44-48-38-22-14-26-34(59-10-6-55-26)18(2)30(22)40(46-38)50-42-24-16-28-36(61-12-8-57-28)20(4)32(24)43(47-37)53(42)51-52(41)44/h13-16,51H,5-12H2,1-4H3. The summed E-state index contributed by atoms with van der Waals surface area (Å²) < 4.78 is 53.5. The Morgan fingerprint density at radius 1 is 0.410 bits per heavy atom. The monoisotopic (exact) mass is 815 g/mol. The van der Waals surface area contributed by atoms with Crippen molar-refractivity contribution in [3.05, 3.63) is 79.7 Å². The van der Waals surface area contributed by atoms with E-state index >= 15 is 0 Å². The predicted molar refractivity (Wildman–Crippen MR) is 222 cm³/mol. The first-order valence-electron chi connectivity index (χ1n) is 20.3. The number of rotatable bonds is 0. The molecule has 0 saturated heterocycles. The second kappa shape index (κ2) is 11.6. The number of benzene rings is 4. The molecule has 6 bridgehead atoms. The summed E-state index contributed by atoms with van der Waals surface area (Å²) >= 11 is 0. The van der Waals surface area contributed by atoms with E-state index in [-0.39, 0.29) is 0 Å². The van der Waals surface area contributed by atoms with Gasteiger partial charge in [-0.15, -0.1) is 0 Å². The Hall–Kier alpha value is -7.56. The molecule has 6 aromatic rings. The molecule has 0 fully saturated rings. The molecule has 2 aromatic heterocycles. The van der Waals surface area contributed by atoms with Gasteiger partial charge in [-0.05, 0) is 52.0 Å². The normalized spacial score (nSPS) is 17.8. The molecule has 0 unspecified atom stereocenters. The highest BCUT2D eigenvalue weighted by molar-refractivity contribution is 6.26. The average Bonchev–Trinajstić information content (AvgIpc) is 3.97. The molecule has 17 nitrogen and oxygen atoms in total. The van der Waals surface area contributed by atoms with Gasteiger partial charge in [0.2, 0.25) is 0 Å². The Morgan fingerprint density at radius 3 is 1.46 bits per heavy atom. The smallest absolute Gasteiger partial charge is 0.166 e. The van der Waals surface area contributed by atoms with Crippen LogP contribution >= 0.6 is 0 Å². The lowest BCUT2D eigenvalue weighted by Gasteiger charge is -2.22. The Kier molecular flexibility index (Phi) is 6.32. The molecule has 1 N–H and O–H groups in total. The number of fused-ring (bicyclic) bond motifs is 18. The zero-order valence-electron chi connectivity index (χ0n) is 33.3. The average molecular weight is 816 g/mol. The number of nitrogens with one attached hydrogen (secondary N) is 1. The molecule has 0 saturated carbocycles. The van der Waals surface area contributed by atoms with Gasteiger partial charge in [0, 0.05) is 66.1 Å². The lowest BCUT2D eigenvalue weighted by Crippen LogP contribution is -2.39. The van der Waals surface area contributed by atoms with Crippen LogP contribution in [0.2, 0.25) is 0 Å². The fraction of sp³-hybridized carbons (Fsp3) is 0.273.